The predicted molar refractivity (Wildman–Crippen MR) is 66.2 cm³/mol. The zero-order valence-corrected chi connectivity index (χ0v) is 10.6. The standard InChI is InChI=1S/C11H8FN3O4S/c12-9-2-1-3-14-10(9)20(18,19)15-8-4-7(11(16)17)5-13-6-8/h1-6,15H,(H,16,17). The van der Waals surface area contributed by atoms with Crippen LogP contribution >= 0.6 is 0 Å². The van der Waals surface area contributed by atoms with Gasteiger partial charge in [0, 0.05) is 12.4 Å². The summed E-state index contributed by atoms with van der Waals surface area (Å²) >= 11 is 0. The van der Waals surface area contributed by atoms with Crippen LogP contribution in [0.5, 0.6) is 0 Å². The monoisotopic (exact) mass is 297 g/mol. The highest BCUT2D eigenvalue weighted by atomic mass is 32.2. The van der Waals surface area contributed by atoms with Gasteiger partial charge in [-0.25, -0.2) is 14.2 Å². The molecular formula is C11H8FN3O4S. The smallest absolute Gasteiger partial charge is 0.337 e. The van der Waals surface area contributed by atoms with Gasteiger partial charge in [-0.1, -0.05) is 0 Å². The second-order valence-electron chi connectivity index (χ2n) is 3.66. The number of pyridine rings is 2. The summed E-state index contributed by atoms with van der Waals surface area (Å²) in [7, 11) is -4.26. The quantitative estimate of drug-likeness (QED) is 0.875. The number of nitrogens with zero attached hydrogens (tertiary/aromatic N) is 2. The van der Waals surface area contributed by atoms with Crippen molar-refractivity contribution in [3.63, 3.8) is 0 Å². The van der Waals surface area contributed by atoms with Crippen LogP contribution in [0.25, 0.3) is 0 Å². The Morgan fingerprint density at radius 2 is 2.10 bits per heavy atom. The summed E-state index contributed by atoms with van der Waals surface area (Å²) in [6.07, 6.45) is 3.29. The lowest BCUT2D eigenvalue weighted by molar-refractivity contribution is 0.0696. The molecule has 0 amide bonds. The van der Waals surface area contributed by atoms with Crippen molar-refractivity contribution in [2.75, 3.05) is 4.72 Å². The summed E-state index contributed by atoms with van der Waals surface area (Å²) in [5.41, 5.74) is -0.304. The van der Waals surface area contributed by atoms with E-state index in [0.29, 0.717) is 0 Å². The Kier molecular flexibility index (Phi) is 3.61. The Labute approximate surface area is 113 Å². The van der Waals surface area contributed by atoms with Crippen molar-refractivity contribution in [3.8, 4) is 0 Å². The molecule has 2 aromatic rings. The lowest BCUT2D eigenvalue weighted by Crippen LogP contribution is -2.16. The van der Waals surface area contributed by atoms with Crippen LogP contribution in [-0.4, -0.2) is 29.5 Å². The van der Waals surface area contributed by atoms with Crippen molar-refractivity contribution in [1.82, 2.24) is 9.97 Å². The van der Waals surface area contributed by atoms with E-state index >= 15 is 0 Å². The van der Waals surface area contributed by atoms with E-state index in [9.17, 15) is 17.6 Å². The molecule has 0 aliphatic carbocycles. The normalized spacial score (nSPS) is 11.1. The molecular weight excluding hydrogens is 289 g/mol. The van der Waals surface area contributed by atoms with Crippen molar-refractivity contribution < 1.29 is 22.7 Å². The number of carbonyl (C=O) groups is 1. The number of halogens is 1. The SMILES string of the molecule is O=C(O)c1cncc(NS(=O)(=O)c2ncccc2F)c1. The average molecular weight is 297 g/mol. The average Bonchev–Trinajstić information content (AvgIpc) is 2.38. The van der Waals surface area contributed by atoms with Crippen LogP contribution in [0.15, 0.2) is 41.8 Å². The van der Waals surface area contributed by atoms with E-state index in [1.807, 2.05) is 4.72 Å². The van der Waals surface area contributed by atoms with E-state index in [-0.39, 0.29) is 11.3 Å². The van der Waals surface area contributed by atoms with Crippen molar-refractivity contribution >= 4 is 21.7 Å². The summed E-state index contributed by atoms with van der Waals surface area (Å²) < 4.78 is 39.2. The molecule has 0 bridgehead atoms. The van der Waals surface area contributed by atoms with Crippen LogP contribution in [-0.2, 0) is 10.0 Å². The number of rotatable bonds is 4. The third kappa shape index (κ3) is 2.88. The molecule has 0 saturated heterocycles. The second-order valence-corrected chi connectivity index (χ2v) is 5.26. The number of sulfonamides is 1. The lowest BCUT2D eigenvalue weighted by atomic mass is 10.3. The summed E-state index contributed by atoms with van der Waals surface area (Å²) in [6.45, 7) is 0. The molecule has 9 heteroatoms. The predicted octanol–water partition coefficient (Wildman–Crippen LogP) is 1.11. The molecule has 0 atom stereocenters. The molecule has 2 N–H and O–H groups in total. The van der Waals surface area contributed by atoms with Gasteiger partial charge in [0.25, 0.3) is 10.0 Å². The van der Waals surface area contributed by atoms with Crippen LogP contribution in [0.2, 0.25) is 0 Å². The Bertz CT molecular complexity index is 764. The van der Waals surface area contributed by atoms with Gasteiger partial charge in [0.2, 0.25) is 5.03 Å². The molecule has 0 spiro atoms. The lowest BCUT2D eigenvalue weighted by Gasteiger charge is -2.07. The molecule has 2 rings (SSSR count). The summed E-state index contributed by atoms with van der Waals surface area (Å²) in [4.78, 5) is 17.8. The molecule has 104 valence electrons. The molecule has 0 saturated carbocycles. The van der Waals surface area contributed by atoms with Crippen molar-refractivity contribution in [2.45, 2.75) is 5.03 Å². The fourth-order valence-electron chi connectivity index (χ4n) is 1.39. The number of hydrogen-bond acceptors (Lipinski definition) is 5. The van der Waals surface area contributed by atoms with E-state index in [4.69, 9.17) is 5.11 Å². The largest absolute Gasteiger partial charge is 0.478 e. The van der Waals surface area contributed by atoms with Gasteiger partial charge in [-0.15, -0.1) is 0 Å². The molecule has 20 heavy (non-hydrogen) atoms. The van der Waals surface area contributed by atoms with Gasteiger partial charge >= 0.3 is 5.97 Å². The van der Waals surface area contributed by atoms with Crippen molar-refractivity contribution in [1.29, 1.82) is 0 Å². The topological polar surface area (TPSA) is 109 Å². The number of nitrogens with one attached hydrogen (secondary N) is 1. The molecule has 0 aromatic carbocycles. The Hall–Kier alpha value is -2.55. The van der Waals surface area contributed by atoms with E-state index in [1.54, 1.807) is 0 Å². The fourth-order valence-corrected chi connectivity index (χ4v) is 2.43. The number of hydrogen-bond donors (Lipinski definition) is 2. The number of aromatic carboxylic acids is 1. The summed E-state index contributed by atoms with van der Waals surface area (Å²) in [5.74, 6) is -2.27. The van der Waals surface area contributed by atoms with E-state index in [2.05, 4.69) is 9.97 Å². The van der Waals surface area contributed by atoms with Crippen LogP contribution in [0.4, 0.5) is 10.1 Å². The maximum Gasteiger partial charge on any atom is 0.337 e. The Morgan fingerprint density at radius 3 is 2.75 bits per heavy atom. The van der Waals surface area contributed by atoms with Crippen molar-refractivity contribution in [2.24, 2.45) is 0 Å². The molecule has 0 radical (unpaired) electrons. The van der Waals surface area contributed by atoms with Crippen LogP contribution in [0.3, 0.4) is 0 Å². The first-order valence-electron chi connectivity index (χ1n) is 5.22. The van der Waals surface area contributed by atoms with Crippen molar-refractivity contribution in [3.05, 3.63) is 48.2 Å². The molecule has 0 aliphatic heterocycles. The highest BCUT2D eigenvalue weighted by molar-refractivity contribution is 7.92. The van der Waals surface area contributed by atoms with Gasteiger partial charge in [-0.3, -0.25) is 9.71 Å². The zero-order valence-electron chi connectivity index (χ0n) is 9.82. The number of anilines is 1. The van der Waals surface area contributed by atoms with Gasteiger partial charge in [0.1, 0.15) is 0 Å². The summed E-state index contributed by atoms with van der Waals surface area (Å²) in [5, 5.41) is 8.00. The van der Waals surface area contributed by atoms with Gasteiger partial charge in [-0.05, 0) is 18.2 Å². The fraction of sp³-hybridized carbons (Fsp3) is 0. The number of carboxylic acids is 1. The highest BCUT2D eigenvalue weighted by Gasteiger charge is 2.21. The maximum atomic E-state index is 13.4. The van der Waals surface area contributed by atoms with E-state index in [0.717, 1.165) is 30.7 Å². The van der Waals surface area contributed by atoms with Gasteiger partial charge in [-0.2, -0.15) is 8.42 Å². The van der Waals surface area contributed by atoms with Crippen LogP contribution in [0, 0.1) is 5.82 Å². The molecule has 7 nitrogen and oxygen atoms in total. The maximum absolute atomic E-state index is 13.4. The minimum Gasteiger partial charge on any atom is -0.478 e. The van der Waals surface area contributed by atoms with Gasteiger partial charge < -0.3 is 5.11 Å². The minimum atomic E-state index is -4.26. The first-order chi connectivity index (χ1) is 9.40. The van der Waals surface area contributed by atoms with E-state index in [1.165, 1.54) is 6.07 Å². The first kappa shape index (κ1) is 13.9. The zero-order chi connectivity index (χ0) is 14.8. The third-order valence-electron chi connectivity index (χ3n) is 2.22. The molecule has 0 aliphatic rings. The number of aromatic nitrogens is 2. The minimum absolute atomic E-state index is 0.102. The Morgan fingerprint density at radius 1 is 1.35 bits per heavy atom. The first-order valence-corrected chi connectivity index (χ1v) is 6.70. The third-order valence-corrected chi connectivity index (χ3v) is 3.53. The highest BCUT2D eigenvalue weighted by Crippen LogP contribution is 2.16. The summed E-state index contributed by atoms with van der Waals surface area (Å²) in [6, 6.07) is 3.27. The Balaban J connectivity index is 2.36. The molecule has 0 unspecified atom stereocenters. The van der Waals surface area contributed by atoms with Gasteiger partial charge in [0.05, 0.1) is 17.4 Å². The molecule has 2 heterocycles. The second kappa shape index (κ2) is 5.21. The van der Waals surface area contributed by atoms with E-state index < -0.39 is 26.8 Å². The number of carboxylic acid groups (broad SMARTS) is 1. The molecule has 2 aromatic heterocycles. The van der Waals surface area contributed by atoms with Gasteiger partial charge in [0.15, 0.2) is 5.82 Å². The van der Waals surface area contributed by atoms with Crippen LogP contribution in [0.1, 0.15) is 10.4 Å². The molecule has 0 fully saturated rings. The van der Waals surface area contributed by atoms with Crippen LogP contribution < -0.4 is 4.72 Å².